The van der Waals surface area contributed by atoms with Gasteiger partial charge in [-0.15, -0.1) is 23.2 Å². The molecule has 0 aliphatic heterocycles. The Morgan fingerprint density at radius 2 is 1.77 bits per heavy atom. The number of carbonyl (C=O) groups is 1. The molecular weight excluding hydrogens is 347 g/mol. The van der Waals surface area contributed by atoms with Crippen LogP contribution in [-0.4, -0.2) is 35.8 Å². The summed E-state index contributed by atoms with van der Waals surface area (Å²) >= 11 is 11.8. The van der Waals surface area contributed by atoms with E-state index in [1.807, 2.05) is 0 Å². The van der Waals surface area contributed by atoms with Crippen LogP contribution in [0.3, 0.4) is 0 Å². The van der Waals surface area contributed by atoms with Crippen molar-refractivity contribution in [2.45, 2.75) is 67.2 Å². The molecule has 0 bridgehead atoms. The van der Waals surface area contributed by atoms with E-state index >= 15 is 0 Å². The molecule has 7 heteroatoms. The van der Waals surface area contributed by atoms with E-state index < -0.39 is 30.6 Å². The van der Waals surface area contributed by atoms with Crippen LogP contribution < -0.4 is 0 Å². The van der Waals surface area contributed by atoms with Crippen LogP contribution >= 0.6 is 23.2 Å². The van der Waals surface area contributed by atoms with Crippen LogP contribution in [0.1, 0.15) is 52.4 Å². The Kier molecular flexibility index (Phi) is 5.72. The number of alkyl halides is 2. The highest BCUT2D eigenvalue weighted by atomic mass is 35.5. The van der Waals surface area contributed by atoms with Crippen LogP contribution in [0.25, 0.3) is 0 Å². The van der Waals surface area contributed by atoms with Crippen molar-refractivity contribution in [2.24, 2.45) is 11.8 Å². The maximum absolute atomic E-state index is 12.8. The lowest BCUT2D eigenvalue weighted by Crippen LogP contribution is -2.43. The molecule has 0 aromatic carbocycles. The summed E-state index contributed by atoms with van der Waals surface area (Å²) in [5, 5.41) is -1.50. The van der Waals surface area contributed by atoms with Crippen molar-refractivity contribution in [3.8, 4) is 0 Å². The van der Waals surface area contributed by atoms with Crippen molar-refractivity contribution in [1.82, 2.24) is 0 Å². The van der Waals surface area contributed by atoms with Gasteiger partial charge in [-0.05, 0) is 25.2 Å². The summed E-state index contributed by atoms with van der Waals surface area (Å²) in [7, 11) is -3.52. The first kappa shape index (κ1) is 18.3. The second-order valence-electron chi connectivity index (χ2n) is 6.81. The van der Waals surface area contributed by atoms with Gasteiger partial charge in [0.15, 0.2) is 15.1 Å². The third kappa shape index (κ3) is 4.09. The number of hydrogen-bond acceptors (Lipinski definition) is 4. The molecule has 2 fully saturated rings. The van der Waals surface area contributed by atoms with Crippen molar-refractivity contribution in [1.29, 1.82) is 0 Å². The summed E-state index contributed by atoms with van der Waals surface area (Å²) in [6.45, 7) is 3.59. The summed E-state index contributed by atoms with van der Waals surface area (Å²) in [5.74, 6) is -1.06. The van der Waals surface area contributed by atoms with Gasteiger partial charge in [-0.1, -0.05) is 33.1 Å². The fourth-order valence-corrected chi connectivity index (χ4v) is 6.10. The first-order valence-corrected chi connectivity index (χ1v) is 10.3. The minimum Gasteiger partial charge on any atom is -0.464 e. The van der Waals surface area contributed by atoms with E-state index in [-0.39, 0.29) is 18.4 Å². The van der Waals surface area contributed by atoms with E-state index in [9.17, 15) is 13.2 Å². The molecular formula is C15H24Cl2O4S. The molecule has 0 aromatic rings. The lowest BCUT2D eigenvalue weighted by Gasteiger charge is -2.28. The zero-order chi connectivity index (χ0) is 16.5. The quantitative estimate of drug-likeness (QED) is 0.530. The Hall–Kier alpha value is -0.000000000000000111. The molecule has 2 atom stereocenters. The Balaban J connectivity index is 2.03. The van der Waals surface area contributed by atoms with E-state index in [2.05, 4.69) is 0 Å². The fourth-order valence-electron chi connectivity index (χ4n) is 3.10. The number of ether oxygens (including phenoxy) is 1. The SMILES string of the molecule is CC(C)C(C(=O)OCC1CC1(Cl)Cl)S(=O)(=O)C1CCCCC1. The third-order valence-electron chi connectivity index (χ3n) is 4.59. The summed E-state index contributed by atoms with van der Waals surface area (Å²) < 4.78 is 30.0. The lowest BCUT2D eigenvalue weighted by atomic mass is 10.0. The van der Waals surface area contributed by atoms with Crippen LogP contribution in [0.2, 0.25) is 0 Å². The van der Waals surface area contributed by atoms with E-state index in [0.717, 1.165) is 19.3 Å². The highest BCUT2D eigenvalue weighted by Gasteiger charge is 2.53. The van der Waals surface area contributed by atoms with E-state index in [1.165, 1.54) is 0 Å². The normalized spacial score (nSPS) is 26.7. The van der Waals surface area contributed by atoms with Gasteiger partial charge in [0.2, 0.25) is 0 Å². The second-order valence-corrected chi connectivity index (χ2v) is 10.7. The number of carbonyl (C=O) groups excluding carboxylic acids is 1. The molecule has 0 heterocycles. The van der Waals surface area contributed by atoms with Crippen LogP contribution in [0.5, 0.6) is 0 Å². The number of sulfone groups is 1. The van der Waals surface area contributed by atoms with Gasteiger partial charge in [0.1, 0.15) is 4.33 Å². The van der Waals surface area contributed by atoms with Crippen LogP contribution in [0.15, 0.2) is 0 Å². The van der Waals surface area contributed by atoms with Crippen molar-refractivity contribution < 1.29 is 17.9 Å². The van der Waals surface area contributed by atoms with Gasteiger partial charge >= 0.3 is 5.97 Å². The molecule has 22 heavy (non-hydrogen) atoms. The highest BCUT2D eigenvalue weighted by Crippen LogP contribution is 2.53. The first-order valence-electron chi connectivity index (χ1n) is 7.93. The third-order valence-corrected chi connectivity index (χ3v) is 8.36. The van der Waals surface area contributed by atoms with Gasteiger partial charge in [0.05, 0.1) is 11.9 Å². The molecule has 0 amide bonds. The average molecular weight is 371 g/mol. The summed E-state index contributed by atoms with van der Waals surface area (Å²) in [4.78, 5) is 12.3. The number of halogens is 2. The minimum absolute atomic E-state index is 0.0925. The Labute approximate surface area is 142 Å². The van der Waals surface area contributed by atoms with Crippen molar-refractivity contribution in [3.05, 3.63) is 0 Å². The number of hydrogen-bond donors (Lipinski definition) is 0. The minimum atomic E-state index is -3.52. The number of rotatable bonds is 6. The molecule has 0 radical (unpaired) electrons. The van der Waals surface area contributed by atoms with Crippen molar-refractivity contribution in [2.75, 3.05) is 6.61 Å². The van der Waals surface area contributed by atoms with Gasteiger partial charge in [-0.25, -0.2) is 8.42 Å². The average Bonchev–Trinajstić information content (AvgIpc) is 3.04. The largest absolute Gasteiger partial charge is 0.464 e. The van der Waals surface area contributed by atoms with Gasteiger partial charge in [0, 0.05) is 5.92 Å². The van der Waals surface area contributed by atoms with Gasteiger partial charge in [-0.3, -0.25) is 4.79 Å². The predicted octanol–water partition coefficient (Wildman–Crippen LogP) is 3.50. The fraction of sp³-hybridized carbons (Fsp3) is 0.933. The van der Waals surface area contributed by atoms with Crippen molar-refractivity contribution in [3.63, 3.8) is 0 Å². The van der Waals surface area contributed by atoms with E-state index in [0.29, 0.717) is 19.3 Å². The standard InChI is InChI=1S/C15H24Cl2O4S/c1-10(2)13(14(18)21-9-11-8-15(11,16)17)22(19,20)12-6-4-3-5-7-12/h10-13H,3-9H2,1-2H3. The maximum atomic E-state index is 12.8. The highest BCUT2D eigenvalue weighted by molar-refractivity contribution is 7.93. The predicted molar refractivity (Wildman–Crippen MR) is 87.9 cm³/mol. The van der Waals surface area contributed by atoms with Crippen LogP contribution in [0.4, 0.5) is 0 Å². The molecule has 4 nitrogen and oxygen atoms in total. The Bertz CT molecular complexity index is 510. The molecule has 2 rings (SSSR count). The molecule has 0 saturated heterocycles. The zero-order valence-corrected chi connectivity index (χ0v) is 15.4. The van der Waals surface area contributed by atoms with Crippen molar-refractivity contribution >= 4 is 39.0 Å². The first-order chi connectivity index (χ1) is 10.2. The van der Waals surface area contributed by atoms with Gasteiger partial charge < -0.3 is 4.74 Å². The molecule has 128 valence electrons. The topological polar surface area (TPSA) is 60.4 Å². The van der Waals surface area contributed by atoms with E-state index in [1.54, 1.807) is 13.8 Å². The monoisotopic (exact) mass is 370 g/mol. The molecule has 0 spiro atoms. The molecule has 0 aromatic heterocycles. The Morgan fingerprint density at radius 1 is 1.23 bits per heavy atom. The lowest BCUT2D eigenvalue weighted by molar-refractivity contribution is -0.144. The summed E-state index contributed by atoms with van der Waals surface area (Å²) in [6, 6.07) is 0. The molecule has 2 aliphatic carbocycles. The molecule has 2 saturated carbocycles. The molecule has 0 N–H and O–H groups in total. The smallest absolute Gasteiger partial charge is 0.324 e. The summed E-state index contributed by atoms with van der Waals surface area (Å²) in [6.07, 6.45) is 4.75. The van der Waals surface area contributed by atoms with Gasteiger partial charge in [-0.2, -0.15) is 0 Å². The van der Waals surface area contributed by atoms with Gasteiger partial charge in [0.25, 0.3) is 0 Å². The molecule has 2 unspecified atom stereocenters. The second kappa shape index (κ2) is 6.86. The van der Waals surface area contributed by atoms with Crippen LogP contribution in [-0.2, 0) is 19.4 Å². The number of esters is 1. The Morgan fingerprint density at radius 3 is 2.23 bits per heavy atom. The zero-order valence-electron chi connectivity index (χ0n) is 13.1. The van der Waals surface area contributed by atoms with Crippen LogP contribution in [0, 0.1) is 11.8 Å². The molecule has 2 aliphatic rings. The summed E-state index contributed by atoms with van der Waals surface area (Å²) in [5.41, 5.74) is 0. The maximum Gasteiger partial charge on any atom is 0.324 e. The van der Waals surface area contributed by atoms with E-state index in [4.69, 9.17) is 27.9 Å².